The highest BCUT2D eigenvalue weighted by Crippen LogP contribution is 2.17. The molecule has 1 unspecified atom stereocenters. The molecule has 4 nitrogen and oxygen atoms in total. The maximum atomic E-state index is 11.9. The molecule has 7 heteroatoms. The topological polar surface area (TPSA) is 45.7 Å². The van der Waals surface area contributed by atoms with Crippen molar-refractivity contribution in [3.8, 4) is 0 Å². The number of halogens is 3. The van der Waals surface area contributed by atoms with Gasteiger partial charge in [0.05, 0.1) is 13.0 Å². The van der Waals surface area contributed by atoms with E-state index in [0.717, 1.165) is 0 Å². The monoisotopic (exact) mass is 241 g/mol. The highest BCUT2D eigenvalue weighted by Gasteiger charge is 2.26. The molecule has 0 aliphatic carbocycles. The summed E-state index contributed by atoms with van der Waals surface area (Å²) in [7, 11) is 3.06. The highest BCUT2D eigenvalue weighted by atomic mass is 19.4. The zero-order valence-electron chi connectivity index (χ0n) is 9.69. The average molecular weight is 241 g/mol. The molecule has 2 N–H and O–H groups in total. The Kier molecular flexibility index (Phi) is 6.87. The van der Waals surface area contributed by atoms with Gasteiger partial charge in [0.2, 0.25) is 0 Å². The van der Waals surface area contributed by atoms with E-state index >= 15 is 0 Å². The van der Waals surface area contributed by atoms with E-state index in [1.807, 2.05) is 6.92 Å². The molecule has 0 aromatic heterocycles. The maximum absolute atomic E-state index is 11.9. The summed E-state index contributed by atoms with van der Waals surface area (Å²) in [6.07, 6.45) is -5.03. The summed E-state index contributed by atoms with van der Waals surface area (Å²) in [6.45, 7) is 2.11. The summed E-state index contributed by atoms with van der Waals surface area (Å²) in [4.78, 5) is 3.80. The van der Waals surface area contributed by atoms with Gasteiger partial charge in [-0.1, -0.05) is 0 Å². The summed E-state index contributed by atoms with van der Waals surface area (Å²) in [5.41, 5.74) is 0. The van der Waals surface area contributed by atoms with Crippen LogP contribution in [0.15, 0.2) is 4.99 Å². The van der Waals surface area contributed by atoms with Crippen molar-refractivity contribution in [2.24, 2.45) is 4.99 Å². The van der Waals surface area contributed by atoms with Gasteiger partial charge in [-0.2, -0.15) is 13.2 Å². The predicted octanol–water partition coefficient (Wildman–Crippen LogP) is 1.14. The number of nitrogens with one attached hydrogen (secondary N) is 2. The Morgan fingerprint density at radius 3 is 2.50 bits per heavy atom. The lowest BCUT2D eigenvalue weighted by Gasteiger charge is -2.17. The van der Waals surface area contributed by atoms with E-state index < -0.39 is 12.6 Å². The van der Waals surface area contributed by atoms with E-state index in [-0.39, 0.29) is 12.6 Å². The van der Waals surface area contributed by atoms with Gasteiger partial charge in [-0.3, -0.25) is 4.99 Å². The van der Waals surface area contributed by atoms with Crippen LogP contribution < -0.4 is 10.6 Å². The van der Waals surface area contributed by atoms with Crippen molar-refractivity contribution < 1.29 is 17.9 Å². The van der Waals surface area contributed by atoms with Crippen LogP contribution in [0.1, 0.15) is 13.3 Å². The molecule has 0 aliphatic heterocycles. The van der Waals surface area contributed by atoms with E-state index in [1.165, 1.54) is 7.05 Å². The molecule has 0 rings (SSSR count). The smallest absolute Gasteiger partial charge is 0.383 e. The predicted molar refractivity (Wildman–Crippen MR) is 56.5 cm³/mol. The first-order valence-electron chi connectivity index (χ1n) is 4.92. The van der Waals surface area contributed by atoms with Crippen molar-refractivity contribution in [2.45, 2.75) is 25.6 Å². The third-order valence-electron chi connectivity index (χ3n) is 1.72. The van der Waals surface area contributed by atoms with Gasteiger partial charge in [-0.05, 0) is 6.92 Å². The molecule has 0 amide bonds. The van der Waals surface area contributed by atoms with Gasteiger partial charge in [0.25, 0.3) is 0 Å². The Hall–Kier alpha value is -0.980. The molecular formula is C9H18F3N3O. The summed E-state index contributed by atoms with van der Waals surface area (Å²) in [5.74, 6) is 0.341. The number of hydrogen-bond donors (Lipinski definition) is 2. The second kappa shape index (κ2) is 7.32. The van der Waals surface area contributed by atoms with Crippen molar-refractivity contribution in [3.63, 3.8) is 0 Å². The molecule has 0 saturated carbocycles. The molecule has 0 aliphatic rings. The molecule has 0 aromatic carbocycles. The zero-order chi connectivity index (χ0) is 12.6. The number of alkyl halides is 3. The summed E-state index contributed by atoms with van der Waals surface area (Å²) >= 11 is 0. The third kappa shape index (κ3) is 8.34. The van der Waals surface area contributed by atoms with Crippen molar-refractivity contribution in [2.75, 3.05) is 27.3 Å². The second-order valence-corrected chi connectivity index (χ2v) is 3.36. The molecule has 0 heterocycles. The quantitative estimate of drug-likeness (QED) is 0.560. The van der Waals surface area contributed by atoms with Crippen molar-refractivity contribution in [3.05, 3.63) is 0 Å². The lowest BCUT2D eigenvalue weighted by Crippen LogP contribution is -2.44. The van der Waals surface area contributed by atoms with Crippen LogP contribution >= 0.6 is 0 Å². The summed E-state index contributed by atoms with van der Waals surface area (Å²) in [5, 5.41) is 5.48. The first-order valence-corrected chi connectivity index (χ1v) is 4.92. The highest BCUT2D eigenvalue weighted by molar-refractivity contribution is 5.79. The Morgan fingerprint density at radius 2 is 2.06 bits per heavy atom. The lowest BCUT2D eigenvalue weighted by atomic mass is 10.3. The Balaban J connectivity index is 3.85. The fourth-order valence-electron chi connectivity index (χ4n) is 1.04. The molecule has 1 atom stereocenters. The number of methoxy groups -OCH3 is 1. The van der Waals surface area contributed by atoms with E-state index in [4.69, 9.17) is 4.74 Å². The van der Waals surface area contributed by atoms with Gasteiger partial charge in [0, 0.05) is 26.7 Å². The van der Waals surface area contributed by atoms with Crippen LogP contribution in [0, 0.1) is 0 Å². The third-order valence-corrected chi connectivity index (χ3v) is 1.72. The molecule has 0 spiro atoms. The first-order chi connectivity index (χ1) is 7.39. The Bertz CT molecular complexity index is 219. The number of rotatable bonds is 5. The standard InChI is InChI=1S/C9H18F3N3O/c1-7(6-16-3)15-8(13-2)14-5-4-9(10,11)12/h7H,4-6H2,1-3H3,(H2,13,14,15). The van der Waals surface area contributed by atoms with E-state index in [2.05, 4.69) is 15.6 Å². The minimum absolute atomic E-state index is 0.0120. The van der Waals surface area contributed by atoms with E-state index in [1.54, 1.807) is 7.11 Å². The SMILES string of the molecule is CN=C(NCCC(F)(F)F)NC(C)COC. The number of guanidine groups is 1. The molecular weight excluding hydrogens is 223 g/mol. The maximum Gasteiger partial charge on any atom is 0.390 e. The van der Waals surface area contributed by atoms with Crippen molar-refractivity contribution >= 4 is 5.96 Å². The number of hydrogen-bond acceptors (Lipinski definition) is 2. The van der Waals surface area contributed by atoms with Gasteiger partial charge >= 0.3 is 6.18 Å². The van der Waals surface area contributed by atoms with Gasteiger partial charge in [-0.25, -0.2) is 0 Å². The number of aliphatic imine (C=N–C) groups is 1. The van der Waals surface area contributed by atoms with Crippen LogP contribution in [0.2, 0.25) is 0 Å². The van der Waals surface area contributed by atoms with Crippen LogP contribution in [-0.2, 0) is 4.74 Å². The molecule has 0 saturated heterocycles. The molecule has 16 heavy (non-hydrogen) atoms. The number of nitrogens with zero attached hydrogens (tertiary/aromatic N) is 1. The fourth-order valence-corrected chi connectivity index (χ4v) is 1.04. The van der Waals surface area contributed by atoms with Crippen LogP contribution in [0.3, 0.4) is 0 Å². The lowest BCUT2D eigenvalue weighted by molar-refractivity contribution is -0.132. The van der Waals surface area contributed by atoms with Gasteiger partial charge in [-0.15, -0.1) is 0 Å². The zero-order valence-corrected chi connectivity index (χ0v) is 9.69. The summed E-state index contributed by atoms with van der Waals surface area (Å²) in [6, 6.07) is -0.0120. The Labute approximate surface area is 93.3 Å². The first kappa shape index (κ1) is 15.0. The van der Waals surface area contributed by atoms with E-state index in [9.17, 15) is 13.2 Å². The number of ether oxygens (including phenoxy) is 1. The van der Waals surface area contributed by atoms with Crippen LogP contribution in [-0.4, -0.2) is 45.5 Å². The average Bonchev–Trinajstić information content (AvgIpc) is 2.14. The van der Waals surface area contributed by atoms with Crippen molar-refractivity contribution in [1.82, 2.24) is 10.6 Å². The molecule has 0 fully saturated rings. The van der Waals surface area contributed by atoms with Gasteiger partial charge < -0.3 is 15.4 Å². The van der Waals surface area contributed by atoms with Gasteiger partial charge in [0.1, 0.15) is 0 Å². The van der Waals surface area contributed by atoms with Crippen LogP contribution in [0.25, 0.3) is 0 Å². The fraction of sp³-hybridized carbons (Fsp3) is 0.889. The molecule has 0 aromatic rings. The summed E-state index contributed by atoms with van der Waals surface area (Å²) < 4.78 is 40.5. The van der Waals surface area contributed by atoms with Crippen molar-refractivity contribution in [1.29, 1.82) is 0 Å². The molecule has 0 bridgehead atoms. The molecule has 0 radical (unpaired) electrons. The Morgan fingerprint density at radius 1 is 1.44 bits per heavy atom. The minimum atomic E-state index is -4.15. The minimum Gasteiger partial charge on any atom is -0.383 e. The largest absolute Gasteiger partial charge is 0.390 e. The normalized spacial score (nSPS) is 14.8. The van der Waals surface area contributed by atoms with Gasteiger partial charge in [0.15, 0.2) is 5.96 Å². The van der Waals surface area contributed by atoms with Crippen LogP contribution in [0.5, 0.6) is 0 Å². The van der Waals surface area contributed by atoms with Crippen LogP contribution in [0.4, 0.5) is 13.2 Å². The van der Waals surface area contributed by atoms with E-state index in [0.29, 0.717) is 12.6 Å². The second-order valence-electron chi connectivity index (χ2n) is 3.36. The molecule has 96 valence electrons.